The zero-order chi connectivity index (χ0) is 22.5. The monoisotopic (exact) mass is 447 g/mol. The number of benzene rings is 1. The zero-order valence-corrected chi connectivity index (χ0v) is 19.7. The van der Waals surface area contributed by atoms with Gasteiger partial charge >= 0.3 is 0 Å². The summed E-state index contributed by atoms with van der Waals surface area (Å²) in [6.45, 7) is 5.47. The van der Waals surface area contributed by atoms with Crippen LogP contribution in [-0.2, 0) is 13.1 Å². The second-order valence-corrected chi connectivity index (χ2v) is 9.81. The Balaban J connectivity index is 1.17. The Morgan fingerprint density at radius 1 is 1.06 bits per heavy atom. The lowest BCUT2D eigenvalue weighted by atomic mass is 9.96. The van der Waals surface area contributed by atoms with E-state index >= 15 is 0 Å². The number of rotatable bonds is 9. The maximum Gasteiger partial charge on any atom is 0.213 e. The van der Waals surface area contributed by atoms with Gasteiger partial charge in [-0.3, -0.25) is 4.90 Å². The number of aliphatic imine (C=N–C) groups is 1. The number of ether oxygens (including phenoxy) is 1. The van der Waals surface area contributed by atoms with Gasteiger partial charge < -0.3 is 15.4 Å². The van der Waals surface area contributed by atoms with Crippen molar-refractivity contribution in [2.24, 2.45) is 10.9 Å². The number of hydrogen-bond acceptors (Lipinski definition) is 4. The van der Waals surface area contributed by atoms with E-state index in [1.54, 1.807) is 0 Å². The minimum Gasteiger partial charge on any atom is -0.477 e. The highest BCUT2D eigenvalue weighted by Gasteiger charge is 2.40. The van der Waals surface area contributed by atoms with Crippen LogP contribution in [-0.4, -0.2) is 47.1 Å². The van der Waals surface area contributed by atoms with Crippen molar-refractivity contribution in [2.75, 3.05) is 13.2 Å². The standard InChI is InChI=1S/C27H37N5O/c1-2-28-27(30-17-22-12-13-29-26(14-22)33-19-21-8-9-21)31-23-15-24-10-11-25(16-23)32(24)18-20-6-4-3-5-7-20/h3-7,12-14,21,23-25H,2,8-11,15-19H2,1H3,(H2,28,30,31). The molecule has 176 valence electrons. The van der Waals surface area contributed by atoms with E-state index in [-0.39, 0.29) is 0 Å². The molecule has 0 amide bonds. The van der Waals surface area contributed by atoms with Gasteiger partial charge in [0.25, 0.3) is 0 Å². The van der Waals surface area contributed by atoms with E-state index in [2.05, 4.69) is 57.8 Å². The molecule has 6 nitrogen and oxygen atoms in total. The van der Waals surface area contributed by atoms with Gasteiger partial charge in [0.15, 0.2) is 5.96 Å². The van der Waals surface area contributed by atoms with Crippen molar-refractivity contribution in [2.45, 2.75) is 76.7 Å². The van der Waals surface area contributed by atoms with Gasteiger partial charge in [-0.05, 0) is 68.6 Å². The van der Waals surface area contributed by atoms with Gasteiger partial charge in [0.05, 0.1) is 13.2 Å². The van der Waals surface area contributed by atoms with E-state index in [9.17, 15) is 0 Å². The highest BCUT2D eigenvalue weighted by molar-refractivity contribution is 5.80. The van der Waals surface area contributed by atoms with Crippen molar-refractivity contribution in [1.82, 2.24) is 20.5 Å². The fourth-order valence-corrected chi connectivity index (χ4v) is 5.24. The van der Waals surface area contributed by atoms with Crippen molar-refractivity contribution in [3.63, 3.8) is 0 Å². The van der Waals surface area contributed by atoms with Crippen molar-refractivity contribution >= 4 is 5.96 Å². The predicted octanol–water partition coefficient (Wildman–Crippen LogP) is 4.12. The Bertz CT molecular complexity index is 915. The molecule has 0 spiro atoms. The molecule has 2 saturated heterocycles. The van der Waals surface area contributed by atoms with Crippen LogP contribution in [0.15, 0.2) is 53.7 Å². The highest BCUT2D eigenvalue weighted by atomic mass is 16.5. The van der Waals surface area contributed by atoms with Crippen LogP contribution < -0.4 is 15.4 Å². The number of piperidine rings is 1. The highest BCUT2D eigenvalue weighted by Crippen LogP contribution is 2.36. The zero-order valence-electron chi connectivity index (χ0n) is 19.7. The average Bonchev–Trinajstić information content (AvgIpc) is 3.63. The SMILES string of the molecule is CCNC(=NCc1ccnc(OCC2CC2)c1)NC1CC2CCC(C1)N2Cc1ccccc1. The Labute approximate surface area is 197 Å². The van der Waals surface area contributed by atoms with E-state index in [4.69, 9.17) is 9.73 Å². The molecule has 3 aliphatic rings. The van der Waals surface area contributed by atoms with E-state index in [0.29, 0.717) is 24.7 Å². The molecular formula is C27H37N5O. The molecule has 2 unspecified atom stereocenters. The van der Waals surface area contributed by atoms with Crippen LogP contribution in [0.5, 0.6) is 5.88 Å². The van der Waals surface area contributed by atoms with E-state index in [1.165, 1.54) is 44.1 Å². The molecule has 2 bridgehead atoms. The molecule has 2 atom stereocenters. The Hall–Kier alpha value is -2.60. The number of pyridine rings is 1. The molecule has 2 N–H and O–H groups in total. The third-order valence-electron chi connectivity index (χ3n) is 7.16. The summed E-state index contributed by atoms with van der Waals surface area (Å²) in [4.78, 5) is 12.0. The molecule has 1 aromatic carbocycles. The minimum absolute atomic E-state index is 0.474. The normalized spacial score (nSPS) is 25.1. The lowest BCUT2D eigenvalue weighted by molar-refractivity contribution is 0.114. The molecule has 1 aromatic heterocycles. The van der Waals surface area contributed by atoms with Crippen LogP contribution in [0.2, 0.25) is 0 Å². The van der Waals surface area contributed by atoms with Crippen LogP contribution in [0, 0.1) is 5.92 Å². The molecule has 1 aliphatic carbocycles. The third kappa shape index (κ3) is 6.05. The quantitative estimate of drug-likeness (QED) is 0.447. The van der Waals surface area contributed by atoms with E-state index < -0.39 is 0 Å². The van der Waals surface area contributed by atoms with E-state index in [1.807, 2.05) is 18.3 Å². The summed E-state index contributed by atoms with van der Waals surface area (Å²) in [5.74, 6) is 2.36. The van der Waals surface area contributed by atoms with Crippen molar-refractivity contribution in [3.05, 3.63) is 59.8 Å². The van der Waals surface area contributed by atoms with Gasteiger partial charge in [0, 0.05) is 43.5 Å². The first kappa shape index (κ1) is 22.2. The number of fused-ring (bicyclic) bond motifs is 2. The average molecular weight is 448 g/mol. The Morgan fingerprint density at radius 2 is 1.85 bits per heavy atom. The van der Waals surface area contributed by atoms with Gasteiger partial charge in [-0.15, -0.1) is 0 Å². The number of nitrogens with one attached hydrogen (secondary N) is 2. The summed E-state index contributed by atoms with van der Waals surface area (Å²) >= 11 is 0. The molecule has 6 heteroatoms. The lowest BCUT2D eigenvalue weighted by Crippen LogP contribution is -2.52. The predicted molar refractivity (Wildman–Crippen MR) is 132 cm³/mol. The van der Waals surface area contributed by atoms with Crippen LogP contribution >= 0.6 is 0 Å². The molecular weight excluding hydrogens is 410 g/mol. The second-order valence-electron chi connectivity index (χ2n) is 9.81. The summed E-state index contributed by atoms with van der Waals surface area (Å²) < 4.78 is 5.83. The van der Waals surface area contributed by atoms with Gasteiger partial charge in [-0.2, -0.15) is 0 Å². The molecule has 2 aliphatic heterocycles. The summed E-state index contributed by atoms with van der Waals surface area (Å²) in [5, 5.41) is 7.18. The first-order valence-electron chi connectivity index (χ1n) is 12.7. The molecule has 3 fully saturated rings. The van der Waals surface area contributed by atoms with Crippen LogP contribution in [0.3, 0.4) is 0 Å². The number of hydrogen-bond donors (Lipinski definition) is 2. The number of nitrogens with zero attached hydrogens (tertiary/aromatic N) is 3. The van der Waals surface area contributed by atoms with Gasteiger partial charge in [0.1, 0.15) is 0 Å². The summed E-state index contributed by atoms with van der Waals surface area (Å²) in [6, 6.07) is 16.8. The number of aromatic nitrogens is 1. The van der Waals surface area contributed by atoms with E-state index in [0.717, 1.165) is 43.0 Å². The second kappa shape index (κ2) is 10.6. The fraction of sp³-hybridized carbons (Fsp3) is 0.556. The van der Waals surface area contributed by atoms with Gasteiger partial charge in [-0.1, -0.05) is 30.3 Å². The smallest absolute Gasteiger partial charge is 0.213 e. The Morgan fingerprint density at radius 3 is 2.58 bits per heavy atom. The van der Waals surface area contributed by atoms with Gasteiger partial charge in [-0.25, -0.2) is 9.98 Å². The number of guanidine groups is 1. The lowest BCUT2D eigenvalue weighted by Gasteiger charge is -2.39. The van der Waals surface area contributed by atoms with Gasteiger partial charge in [0.2, 0.25) is 5.88 Å². The van der Waals surface area contributed by atoms with Crippen molar-refractivity contribution in [1.29, 1.82) is 0 Å². The molecule has 3 heterocycles. The van der Waals surface area contributed by atoms with Crippen LogP contribution in [0.4, 0.5) is 0 Å². The van der Waals surface area contributed by atoms with Crippen LogP contribution in [0.25, 0.3) is 0 Å². The fourth-order valence-electron chi connectivity index (χ4n) is 5.24. The summed E-state index contributed by atoms with van der Waals surface area (Å²) in [7, 11) is 0. The topological polar surface area (TPSA) is 61.8 Å². The minimum atomic E-state index is 0.474. The maximum absolute atomic E-state index is 5.83. The summed E-state index contributed by atoms with van der Waals surface area (Å²) in [6.07, 6.45) is 9.38. The maximum atomic E-state index is 5.83. The first-order chi connectivity index (χ1) is 16.3. The molecule has 2 aromatic rings. The third-order valence-corrected chi connectivity index (χ3v) is 7.16. The summed E-state index contributed by atoms with van der Waals surface area (Å²) in [5.41, 5.74) is 2.55. The first-order valence-corrected chi connectivity index (χ1v) is 12.7. The Kier molecular flexibility index (Phi) is 7.10. The largest absolute Gasteiger partial charge is 0.477 e. The molecule has 1 saturated carbocycles. The van der Waals surface area contributed by atoms with Crippen molar-refractivity contribution < 1.29 is 4.74 Å². The molecule has 0 radical (unpaired) electrons. The molecule has 5 rings (SSSR count). The van der Waals surface area contributed by atoms with Crippen LogP contribution in [0.1, 0.15) is 56.6 Å². The molecule has 33 heavy (non-hydrogen) atoms. The van der Waals surface area contributed by atoms with Crippen molar-refractivity contribution in [3.8, 4) is 5.88 Å².